The molecule has 1 unspecified atom stereocenters. The lowest BCUT2D eigenvalue weighted by molar-refractivity contribution is -0.119. The average Bonchev–Trinajstić information content (AvgIpc) is 1.88. The summed E-state index contributed by atoms with van der Waals surface area (Å²) in [4.78, 5) is 10.9. The molecule has 0 heterocycles. The Morgan fingerprint density at radius 1 is 1.70 bits per heavy atom. The van der Waals surface area contributed by atoms with Gasteiger partial charge in [0.15, 0.2) is 0 Å². The van der Waals surface area contributed by atoms with Gasteiger partial charge in [-0.15, -0.1) is 0 Å². The molecule has 60 valence electrons. The van der Waals surface area contributed by atoms with Gasteiger partial charge in [0.05, 0.1) is 6.04 Å². The van der Waals surface area contributed by atoms with Gasteiger partial charge in [-0.1, -0.05) is 20.3 Å². The largest absolute Gasteiger partial charge is 0.298 e. The molecule has 0 spiro atoms. The van der Waals surface area contributed by atoms with E-state index in [1.54, 1.807) is 6.92 Å². The Kier molecular flexibility index (Phi) is 5.25. The Morgan fingerprint density at radius 2 is 2.20 bits per heavy atom. The summed E-state index contributed by atoms with van der Waals surface area (Å²) < 4.78 is 2.97. The van der Waals surface area contributed by atoms with Crippen LogP contribution in [-0.2, 0) is 4.79 Å². The van der Waals surface area contributed by atoms with Crippen molar-refractivity contribution >= 4 is 28.6 Å². The van der Waals surface area contributed by atoms with Crippen molar-refractivity contribution in [1.29, 1.82) is 0 Å². The van der Waals surface area contributed by atoms with E-state index in [1.807, 2.05) is 22.9 Å². The first-order valence-corrected chi connectivity index (χ1v) is 4.58. The fourth-order valence-corrected chi connectivity index (χ4v) is 1.87. The Bertz CT molecular complexity index is 116. The maximum absolute atomic E-state index is 10.9. The van der Waals surface area contributed by atoms with E-state index in [-0.39, 0.29) is 11.8 Å². The van der Waals surface area contributed by atoms with Gasteiger partial charge in [0, 0.05) is 22.9 Å². The fourth-order valence-electron chi connectivity index (χ4n) is 0.821. The lowest BCUT2D eigenvalue weighted by Gasteiger charge is -2.17. The van der Waals surface area contributed by atoms with Crippen LogP contribution in [0.4, 0.5) is 0 Å². The predicted octanol–water partition coefficient (Wildman–Crippen LogP) is 1.93. The van der Waals surface area contributed by atoms with Crippen molar-refractivity contribution in [2.45, 2.75) is 33.2 Å². The zero-order valence-electron chi connectivity index (χ0n) is 6.65. The molecule has 0 saturated carbocycles. The van der Waals surface area contributed by atoms with E-state index >= 15 is 0 Å². The van der Waals surface area contributed by atoms with Crippen molar-refractivity contribution in [1.82, 2.24) is 3.53 Å². The number of hydrogen-bond acceptors (Lipinski definition) is 2. The van der Waals surface area contributed by atoms with Crippen LogP contribution in [-0.4, -0.2) is 11.8 Å². The summed E-state index contributed by atoms with van der Waals surface area (Å²) >= 11 is 2.03. The second kappa shape index (κ2) is 5.07. The number of halogens is 1. The normalized spacial score (nSPS) is 16.4. The molecule has 0 aliphatic heterocycles. The van der Waals surface area contributed by atoms with Crippen molar-refractivity contribution in [2.24, 2.45) is 5.92 Å². The van der Waals surface area contributed by atoms with Gasteiger partial charge in [-0.2, -0.15) is 0 Å². The fraction of sp³-hybridized carbons (Fsp3) is 0.857. The average molecular weight is 255 g/mol. The molecule has 0 radical (unpaired) electrons. The van der Waals surface area contributed by atoms with E-state index in [4.69, 9.17) is 0 Å². The highest BCUT2D eigenvalue weighted by Crippen LogP contribution is 2.09. The molecule has 0 saturated heterocycles. The maximum Gasteiger partial charge on any atom is 0.147 e. The Morgan fingerprint density at radius 3 is 2.30 bits per heavy atom. The smallest absolute Gasteiger partial charge is 0.147 e. The minimum absolute atomic E-state index is 0.0330. The molecule has 2 nitrogen and oxygen atoms in total. The molecule has 0 aliphatic rings. The molecule has 0 aromatic heterocycles. The molecular formula is C7H14INO. The van der Waals surface area contributed by atoms with E-state index in [0.717, 1.165) is 6.42 Å². The SMILES string of the molecule is CCC(C)[C@H](NI)C(C)=O. The lowest BCUT2D eigenvalue weighted by Crippen LogP contribution is -2.34. The maximum atomic E-state index is 10.9. The van der Waals surface area contributed by atoms with E-state index in [9.17, 15) is 4.79 Å². The van der Waals surface area contributed by atoms with Crippen molar-refractivity contribution in [3.63, 3.8) is 0 Å². The topological polar surface area (TPSA) is 29.1 Å². The van der Waals surface area contributed by atoms with Gasteiger partial charge in [0.2, 0.25) is 0 Å². The van der Waals surface area contributed by atoms with Crippen molar-refractivity contribution in [3.05, 3.63) is 0 Å². The third kappa shape index (κ3) is 2.96. The van der Waals surface area contributed by atoms with E-state index in [1.165, 1.54) is 0 Å². The minimum Gasteiger partial charge on any atom is -0.298 e. The molecule has 1 N–H and O–H groups in total. The van der Waals surface area contributed by atoms with Crippen LogP contribution in [0.2, 0.25) is 0 Å². The Labute approximate surface area is 76.3 Å². The molecule has 3 heteroatoms. The third-order valence-electron chi connectivity index (χ3n) is 1.77. The first-order valence-electron chi connectivity index (χ1n) is 3.50. The van der Waals surface area contributed by atoms with E-state index in [0.29, 0.717) is 5.92 Å². The van der Waals surface area contributed by atoms with E-state index < -0.39 is 0 Å². The number of hydrogen-bond donors (Lipinski definition) is 1. The lowest BCUT2D eigenvalue weighted by atomic mass is 9.97. The Hall–Kier alpha value is 0.360. The monoisotopic (exact) mass is 255 g/mol. The van der Waals surface area contributed by atoms with Crippen molar-refractivity contribution in [2.75, 3.05) is 0 Å². The second-order valence-electron chi connectivity index (χ2n) is 2.58. The molecule has 0 aromatic carbocycles. The summed E-state index contributed by atoms with van der Waals surface area (Å²) in [6.07, 6.45) is 1.04. The van der Waals surface area contributed by atoms with Gasteiger partial charge in [0.25, 0.3) is 0 Å². The summed E-state index contributed by atoms with van der Waals surface area (Å²) in [5.74, 6) is 0.665. The highest BCUT2D eigenvalue weighted by atomic mass is 127. The second-order valence-corrected chi connectivity index (χ2v) is 3.21. The summed E-state index contributed by atoms with van der Waals surface area (Å²) in [5.41, 5.74) is 0. The summed E-state index contributed by atoms with van der Waals surface area (Å²) in [7, 11) is 0. The predicted molar refractivity (Wildman–Crippen MR) is 51.1 cm³/mol. The van der Waals surface area contributed by atoms with Gasteiger partial charge >= 0.3 is 0 Å². The third-order valence-corrected chi connectivity index (χ3v) is 2.44. The van der Waals surface area contributed by atoms with E-state index in [2.05, 4.69) is 17.4 Å². The number of nitrogens with one attached hydrogen (secondary N) is 1. The van der Waals surface area contributed by atoms with Crippen LogP contribution < -0.4 is 3.53 Å². The molecule has 2 atom stereocenters. The van der Waals surface area contributed by atoms with Crippen LogP contribution in [0, 0.1) is 5.92 Å². The number of carbonyl (C=O) groups excluding carboxylic acids is 1. The quantitative estimate of drug-likeness (QED) is 0.614. The van der Waals surface area contributed by atoms with Crippen LogP contribution >= 0.6 is 22.9 Å². The zero-order valence-corrected chi connectivity index (χ0v) is 8.81. The van der Waals surface area contributed by atoms with Gasteiger partial charge in [-0.3, -0.25) is 8.32 Å². The number of carbonyl (C=O) groups is 1. The molecule has 0 rings (SSSR count). The molecule has 0 aliphatic carbocycles. The number of Topliss-reactive ketones (excluding diaryl/α,β-unsaturated/α-hetero) is 1. The first-order chi connectivity index (χ1) is 4.63. The van der Waals surface area contributed by atoms with Crippen molar-refractivity contribution < 1.29 is 4.79 Å². The molecule has 0 fully saturated rings. The number of rotatable bonds is 4. The van der Waals surface area contributed by atoms with Crippen LogP contribution in [0.25, 0.3) is 0 Å². The highest BCUT2D eigenvalue weighted by molar-refractivity contribution is 14.1. The van der Waals surface area contributed by atoms with Gasteiger partial charge in [-0.05, 0) is 12.8 Å². The number of ketones is 1. The molecular weight excluding hydrogens is 241 g/mol. The summed E-state index contributed by atoms with van der Waals surface area (Å²) in [5, 5.41) is 0. The molecule has 0 bridgehead atoms. The molecule has 0 amide bonds. The Balaban J connectivity index is 3.92. The van der Waals surface area contributed by atoms with Crippen LogP contribution in [0.15, 0.2) is 0 Å². The van der Waals surface area contributed by atoms with Crippen LogP contribution in [0.5, 0.6) is 0 Å². The standard InChI is InChI=1S/C7H14INO/c1-4-5(2)7(9-8)6(3)10/h5,7,9H,4H2,1-3H3/t5?,7-/m0/s1. The van der Waals surface area contributed by atoms with Gasteiger partial charge in [0.1, 0.15) is 5.78 Å². The van der Waals surface area contributed by atoms with Crippen molar-refractivity contribution in [3.8, 4) is 0 Å². The van der Waals surface area contributed by atoms with Gasteiger partial charge < -0.3 is 0 Å². The highest BCUT2D eigenvalue weighted by Gasteiger charge is 2.18. The summed E-state index contributed by atoms with van der Waals surface area (Å²) in [6, 6.07) is 0.0330. The molecule has 10 heavy (non-hydrogen) atoms. The van der Waals surface area contributed by atoms with Crippen LogP contribution in [0.3, 0.4) is 0 Å². The zero-order chi connectivity index (χ0) is 8.15. The van der Waals surface area contributed by atoms with Gasteiger partial charge in [-0.25, -0.2) is 0 Å². The van der Waals surface area contributed by atoms with Crippen LogP contribution in [0.1, 0.15) is 27.2 Å². The minimum atomic E-state index is 0.0330. The summed E-state index contributed by atoms with van der Waals surface area (Å²) in [6.45, 7) is 5.80. The molecule has 0 aromatic rings. The first kappa shape index (κ1) is 10.4.